The summed E-state index contributed by atoms with van der Waals surface area (Å²) < 4.78 is 65.1. The molecule has 2 amide bonds. The normalized spacial score (nSPS) is 18.2. The van der Waals surface area contributed by atoms with E-state index in [4.69, 9.17) is 5.14 Å². The molecule has 0 saturated heterocycles. The minimum absolute atomic E-state index is 0.0238. The molecule has 3 aromatic carbocycles. The van der Waals surface area contributed by atoms with Crippen LogP contribution in [0.5, 0.6) is 5.75 Å². The molecular weight excluding hydrogens is 583 g/mol. The van der Waals surface area contributed by atoms with Gasteiger partial charge in [-0.3, -0.25) is 9.59 Å². The molecule has 0 bridgehead atoms. The van der Waals surface area contributed by atoms with E-state index in [2.05, 4.69) is 10.1 Å². The zero-order valence-electron chi connectivity index (χ0n) is 24.0. The lowest BCUT2D eigenvalue weighted by Gasteiger charge is -2.25. The molecule has 3 aromatic rings. The molecule has 1 fully saturated rings. The SMILES string of the molecule is CN(Cc1ccc(-c2ccccc2S(N)(=O)=O)cc1)C(=O)[C@@H]1CC(C)(C)CC1C(=O)NCc1ccc(OC(F)(F)F)cc1. The number of sulfonamides is 1. The fourth-order valence-electron chi connectivity index (χ4n) is 5.60. The maximum atomic E-state index is 13.6. The van der Waals surface area contributed by atoms with Crippen LogP contribution in [0.4, 0.5) is 13.2 Å². The average Bonchev–Trinajstić information content (AvgIpc) is 3.26. The highest BCUT2D eigenvalue weighted by Gasteiger charge is 2.47. The molecule has 1 unspecified atom stereocenters. The van der Waals surface area contributed by atoms with Crippen LogP contribution >= 0.6 is 0 Å². The van der Waals surface area contributed by atoms with Crippen LogP contribution in [0.2, 0.25) is 0 Å². The Morgan fingerprint density at radius 3 is 2.14 bits per heavy atom. The second-order valence-corrected chi connectivity index (χ2v) is 13.2. The topological polar surface area (TPSA) is 119 Å². The maximum Gasteiger partial charge on any atom is 0.573 e. The lowest BCUT2D eigenvalue weighted by atomic mass is 9.90. The smallest absolute Gasteiger partial charge is 0.406 e. The van der Waals surface area contributed by atoms with Gasteiger partial charge < -0.3 is 15.0 Å². The van der Waals surface area contributed by atoms with E-state index in [1.165, 1.54) is 30.3 Å². The molecule has 8 nitrogen and oxygen atoms in total. The Labute approximate surface area is 249 Å². The fraction of sp³-hybridized carbons (Fsp3) is 0.355. The minimum Gasteiger partial charge on any atom is -0.406 e. The Kier molecular flexibility index (Phi) is 9.22. The van der Waals surface area contributed by atoms with Crippen LogP contribution in [-0.2, 0) is 32.7 Å². The van der Waals surface area contributed by atoms with E-state index >= 15 is 0 Å². The van der Waals surface area contributed by atoms with E-state index in [1.807, 2.05) is 26.0 Å². The largest absolute Gasteiger partial charge is 0.573 e. The van der Waals surface area contributed by atoms with Crippen molar-refractivity contribution in [1.29, 1.82) is 0 Å². The number of nitrogens with zero attached hydrogens (tertiary/aromatic N) is 1. The number of carbonyl (C=O) groups is 2. The van der Waals surface area contributed by atoms with Gasteiger partial charge in [0.1, 0.15) is 5.75 Å². The first kappa shape index (κ1) is 32.0. The van der Waals surface area contributed by atoms with Gasteiger partial charge in [-0.05, 0) is 53.1 Å². The number of benzene rings is 3. The van der Waals surface area contributed by atoms with Crippen molar-refractivity contribution in [1.82, 2.24) is 10.2 Å². The molecule has 0 aromatic heterocycles. The zero-order chi connectivity index (χ0) is 31.6. The van der Waals surface area contributed by atoms with Gasteiger partial charge >= 0.3 is 6.36 Å². The van der Waals surface area contributed by atoms with Crippen molar-refractivity contribution >= 4 is 21.8 Å². The highest BCUT2D eigenvalue weighted by Crippen LogP contribution is 2.46. The predicted molar refractivity (Wildman–Crippen MR) is 155 cm³/mol. The molecule has 1 aliphatic carbocycles. The molecule has 0 radical (unpaired) electrons. The first-order valence-electron chi connectivity index (χ1n) is 13.6. The van der Waals surface area contributed by atoms with Crippen molar-refractivity contribution in [2.75, 3.05) is 7.05 Å². The van der Waals surface area contributed by atoms with Gasteiger partial charge in [0.25, 0.3) is 0 Å². The number of ether oxygens (including phenoxy) is 1. The van der Waals surface area contributed by atoms with Crippen LogP contribution in [0.15, 0.2) is 77.7 Å². The van der Waals surface area contributed by atoms with E-state index in [0.717, 1.165) is 5.56 Å². The molecule has 12 heteroatoms. The number of alkyl halides is 3. The molecule has 0 heterocycles. The molecular formula is C31H34F3N3O5S. The molecule has 0 spiro atoms. The Balaban J connectivity index is 1.40. The second kappa shape index (κ2) is 12.4. The molecule has 4 rings (SSSR count). The molecule has 230 valence electrons. The quantitative estimate of drug-likeness (QED) is 0.341. The fourth-order valence-corrected chi connectivity index (χ4v) is 6.36. The Morgan fingerprint density at radius 2 is 1.53 bits per heavy atom. The molecule has 43 heavy (non-hydrogen) atoms. The Morgan fingerprint density at radius 1 is 0.953 bits per heavy atom. The van der Waals surface area contributed by atoms with Gasteiger partial charge in [-0.1, -0.05) is 68.4 Å². The van der Waals surface area contributed by atoms with Crippen LogP contribution in [0.1, 0.15) is 37.8 Å². The third-order valence-corrected chi connectivity index (χ3v) is 8.53. The van der Waals surface area contributed by atoms with Crippen LogP contribution in [0, 0.1) is 17.3 Å². The van der Waals surface area contributed by atoms with E-state index in [1.54, 1.807) is 42.3 Å². The summed E-state index contributed by atoms with van der Waals surface area (Å²) in [5.74, 6) is -1.90. The highest BCUT2D eigenvalue weighted by molar-refractivity contribution is 7.89. The van der Waals surface area contributed by atoms with Crippen molar-refractivity contribution in [3.8, 4) is 16.9 Å². The van der Waals surface area contributed by atoms with Crippen LogP contribution in [0.3, 0.4) is 0 Å². The Hall–Kier alpha value is -3.90. The van der Waals surface area contributed by atoms with Gasteiger partial charge in [0, 0.05) is 25.7 Å². The number of primary sulfonamides is 1. The number of nitrogens with two attached hydrogens (primary N) is 1. The highest BCUT2D eigenvalue weighted by atomic mass is 32.2. The first-order valence-corrected chi connectivity index (χ1v) is 15.2. The van der Waals surface area contributed by atoms with Crippen LogP contribution < -0.4 is 15.2 Å². The standard InChI is InChI=1S/C31H34F3N3O5S/c1-30(2)16-25(28(38)36-18-20-10-14-23(15-11-20)42-31(32,33)34)26(17-30)29(39)37(3)19-21-8-12-22(13-9-21)24-6-4-5-7-27(24)43(35,40)41/h4-15,25-26H,16-19H2,1-3H3,(H,36,38)(H2,35,40,41)/t25?,26-/m1/s1. The third kappa shape index (κ3) is 8.35. The van der Waals surface area contributed by atoms with Crippen molar-refractivity contribution in [2.24, 2.45) is 22.4 Å². The monoisotopic (exact) mass is 617 g/mol. The second-order valence-electron chi connectivity index (χ2n) is 11.6. The van der Waals surface area contributed by atoms with Gasteiger partial charge in [-0.25, -0.2) is 13.6 Å². The van der Waals surface area contributed by atoms with E-state index in [9.17, 15) is 31.2 Å². The number of nitrogens with one attached hydrogen (secondary N) is 1. The molecule has 0 aliphatic heterocycles. The lowest BCUT2D eigenvalue weighted by Crippen LogP contribution is -2.40. The maximum absolute atomic E-state index is 13.6. The number of halogens is 3. The summed E-state index contributed by atoms with van der Waals surface area (Å²) in [6.45, 7) is 4.41. The van der Waals surface area contributed by atoms with Gasteiger partial charge in [0.05, 0.1) is 16.7 Å². The molecule has 2 atom stereocenters. The molecule has 1 aliphatic rings. The van der Waals surface area contributed by atoms with E-state index in [-0.39, 0.29) is 41.0 Å². The minimum atomic E-state index is -4.79. The number of rotatable bonds is 9. The average molecular weight is 618 g/mol. The summed E-state index contributed by atoms with van der Waals surface area (Å²) in [4.78, 5) is 28.4. The van der Waals surface area contributed by atoms with E-state index in [0.29, 0.717) is 29.5 Å². The number of amides is 2. The summed E-state index contributed by atoms with van der Waals surface area (Å²) in [7, 11) is -2.23. The van der Waals surface area contributed by atoms with Gasteiger partial charge in [-0.15, -0.1) is 13.2 Å². The van der Waals surface area contributed by atoms with Crippen molar-refractivity contribution in [3.63, 3.8) is 0 Å². The molecule has 1 saturated carbocycles. The van der Waals surface area contributed by atoms with Crippen molar-refractivity contribution in [3.05, 3.63) is 83.9 Å². The molecule has 3 N–H and O–H groups in total. The van der Waals surface area contributed by atoms with Crippen molar-refractivity contribution in [2.45, 2.75) is 51.0 Å². The van der Waals surface area contributed by atoms with Gasteiger partial charge in [0.15, 0.2) is 0 Å². The predicted octanol–water partition coefficient (Wildman–Crippen LogP) is 5.23. The summed E-state index contributed by atoms with van der Waals surface area (Å²) >= 11 is 0. The number of hydrogen-bond donors (Lipinski definition) is 2. The van der Waals surface area contributed by atoms with E-state index < -0.39 is 28.2 Å². The third-order valence-electron chi connectivity index (χ3n) is 7.56. The summed E-state index contributed by atoms with van der Waals surface area (Å²) in [5.41, 5.74) is 2.32. The Bertz CT molecular complexity index is 1570. The summed E-state index contributed by atoms with van der Waals surface area (Å²) in [6, 6.07) is 18.9. The summed E-state index contributed by atoms with van der Waals surface area (Å²) in [6.07, 6.45) is -3.74. The number of hydrogen-bond acceptors (Lipinski definition) is 5. The summed E-state index contributed by atoms with van der Waals surface area (Å²) in [5, 5.41) is 8.20. The van der Waals surface area contributed by atoms with Crippen LogP contribution in [0.25, 0.3) is 11.1 Å². The lowest BCUT2D eigenvalue weighted by molar-refractivity contribution is -0.274. The van der Waals surface area contributed by atoms with Gasteiger partial charge in [0.2, 0.25) is 21.8 Å². The van der Waals surface area contributed by atoms with Gasteiger partial charge in [-0.2, -0.15) is 0 Å². The van der Waals surface area contributed by atoms with Crippen molar-refractivity contribution < 1.29 is 35.9 Å². The first-order chi connectivity index (χ1) is 20.0. The number of carbonyl (C=O) groups excluding carboxylic acids is 2. The zero-order valence-corrected chi connectivity index (χ0v) is 24.8. The van der Waals surface area contributed by atoms with Crippen LogP contribution in [-0.4, -0.2) is 38.5 Å².